The minimum atomic E-state index is 0.111. The first-order valence-corrected chi connectivity index (χ1v) is 7.20. The van der Waals surface area contributed by atoms with Crippen molar-refractivity contribution in [3.8, 4) is 0 Å². The number of hydrogen-bond acceptors (Lipinski definition) is 3. The van der Waals surface area contributed by atoms with Crippen molar-refractivity contribution in [2.24, 2.45) is 0 Å². The smallest absolute Gasteiger partial charge is 0.0697 e. The molecule has 3 heteroatoms. The lowest BCUT2D eigenvalue weighted by atomic mass is 10.0. The van der Waals surface area contributed by atoms with Crippen molar-refractivity contribution in [3.05, 3.63) is 35.4 Å². The molecule has 0 bridgehead atoms. The van der Waals surface area contributed by atoms with E-state index < -0.39 is 0 Å². The molecule has 0 radical (unpaired) electrons. The van der Waals surface area contributed by atoms with Crippen LogP contribution in [0.5, 0.6) is 0 Å². The molecule has 0 saturated carbocycles. The van der Waals surface area contributed by atoms with Gasteiger partial charge in [-0.1, -0.05) is 29.8 Å². The highest BCUT2D eigenvalue weighted by atomic mass is 16.5. The SMILES string of the molecule is Cc1cccc(CCC(C)NCCCOCCO)c1. The largest absolute Gasteiger partial charge is 0.394 e. The Hall–Kier alpha value is -0.900. The van der Waals surface area contributed by atoms with Crippen molar-refractivity contribution in [2.45, 2.75) is 39.2 Å². The van der Waals surface area contributed by atoms with E-state index in [-0.39, 0.29) is 6.61 Å². The molecule has 0 spiro atoms. The van der Waals surface area contributed by atoms with E-state index in [9.17, 15) is 0 Å². The zero-order valence-electron chi connectivity index (χ0n) is 12.2. The minimum Gasteiger partial charge on any atom is -0.394 e. The molecule has 19 heavy (non-hydrogen) atoms. The van der Waals surface area contributed by atoms with E-state index in [1.54, 1.807) is 0 Å². The zero-order chi connectivity index (χ0) is 13.9. The van der Waals surface area contributed by atoms with Gasteiger partial charge in [0.05, 0.1) is 13.2 Å². The normalized spacial score (nSPS) is 12.6. The van der Waals surface area contributed by atoms with Gasteiger partial charge in [-0.2, -0.15) is 0 Å². The van der Waals surface area contributed by atoms with Gasteiger partial charge in [-0.15, -0.1) is 0 Å². The summed E-state index contributed by atoms with van der Waals surface area (Å²) in [5, 5.41) is 12.1. The van der Waals surface area contributed by atoms with Crippen LogP contribution < -0.4 is 5.32 Å². The van der Waals surface area contributed by atoms with Crippen LogP contribution in [0.2, 0.25) is 0 Å². The third kappa shape index (κ3) is 7.98. The van der Waals surface area contributed by atoms with E-state index in [0.717, 1.165) is 32.4 Å². The molecule has 2 N–H and O–H groups in total. The Morgan fingerprint density at radius 2 is 2.16 bits per heavy atom. The number of hydrogen-bond donors (Lipinski definition) is 2. The second kappa shape index (κ2) is 9.96. The molecule has 0 aliphatic heterocycles. The van der Waals surface area contributed by atoms with Crippen molar-refractivity contribution in [2.75, 3.05) is 26.4 Å². The lowest BCUT2D eigenvalue weighted by Crippen LogP contribution is -2.28. The lowest BCUT2D eigenvalue weighted by molar-refractivity contribution is 0.0904. The molecular weight excluding hydrogens is 238 g/mol. The fourth-order valence-corrected chi connectivity index (χ4v) is 2.04. The molecular formula is C16H27NO2. The Morgan fingerprint density at radius 3 is 2.89 bits per heavy atom. The van der Waals surface area contributed by atoms with Crippen LogP contribution in [0.4, 0.5) is 0 Å². The maximum Gasteiger partial charge on any atom is 0.0697 e. The fourth-order valence-electron chi connectivity index (χ4n) is 2.04. The third-order valence-corrected chi connectivity index (χ3v) is 3.14. The Balaban J connectivity index is 2.06. The van der Waals surface area contributed by atoms with Gasteiger partial charge < -0.3 is 15.2 Å². The van der Waals surface area contributed by atoms with E-state index in [1.807, 2.05) is 0 Å². The van der Waals surface area contributed by atoms with Crippen molar-refractivity contribution < 1.29 is 9.84 Å². The van der Waals surface area contributed by atoms with Gasteiger partial charge in [-0.25, -0.2) is 0 Å². The number of rotatable bonds is 10. The summed E-state index contributed by atoms with van der Waals surface area (Å²) in [5.74, 6) is 0. The monoisotopic (exact) mass is 265 g/mol. The molecule has 0 heterocycles. The number of benzene rings is 1. The molecule has 3 nitrogen and oxygen atoms in total. The Bertz CT molecular complexity index is 341. The van der Waals surface area contributed by atoms with Gasteiger partial charge >= 0.3 is 0 Å². The van der Waals surface area contributed by atoms with Crippen LogP contribution in [0.1, 0.15) is 30.9 Å². The standard InChI is InChI=1S/C16H27NO2/c1-14-5-3-6-16(13-14)8-7-15(2)17-9-4-11-19-12-10-18/h3,5-6,13,15,17-18H,4,7-12H2,1-2H3. The van der Waals surface area contributed by atoms with Gasteiger partial charge in [0.15, 0.2) is 0 Å². The molecule has 1 aromatic rings. The van der Waals surface area contributed by atoms with Crippen LogP contribution in [0.3, 0.4) is 0 Å². The lowest BCUT2D eigenvalue weighted by Gasteiger charge is -2.14. The Labute approximate surface area is 117 Å². The van der Waals surface area contributed by atoms with Crippen molar-refractivity contribution in [1.29, 1.82) is 0 Å². The molecule has 0 amide bonds. The summed E-state index contributed by atoms with van der Waals surface area (Å²) >= 11 is 0. The van der Waals surface area contributed by atoms with Crippen molar-refractivity contribution in [1.82, 2.24) is 5.32 Å². The maximum absolute atomic E-state index is 8.57. The molecule has 1 rings (SSSR count). The van der Waals surface area contributed by atoms with Gasteiger partial charge in [0.25, 0.3) is 0 Å². The average molecular weight is 265 g/mol. The van der Waals surface area contributed by atoms with Crippen LogP contribution >= 0.6 is 0 Å². The van der Waals surface area contributed by atoms with E-state index in [4.69, 9.17) is 9.84 Å². The summed E-state index contributed by atoms with van der Waals surface area (Å²) in [5.41, 5.74) is 2.75. The molecule has 1 atom stereocenters. The number of aryl methyl sites for hydroxylation is 2. The van der Waals surface area contributed by atoms with Gasteiger partial charge in [0.1, 0.15) is 0 Å². The van der Waals surface area contributed by atoms with E-state index >= 15 is 0 Å². The van der Waals surface area contributed by atoms with Gasteiger partial charge in [0.2, 0.25) is 0 Å². The fraction of sp³-hybridized carbons (Fsp3) is 0.625. The second-order valence-corrected chi connectivity index (χ2v) is 5.07. The quantitative estimate of drug-likeness (QED) is 0.638. The van der Waals surface area contributed by atoms with Gasteiger partial charge in [0, 0.05) is 12.6 Å². The molecule has 1 unspecified atom stereocenters. The third-order valence-electron chi connectivity index (χ3n) is 3.14. The zero-order valence-corrected chi connectivity index (χ0v) is 12.2. The predicted octanol–water partition coefficient (Wildman–Crippen LogP) is 2.30. The summed E-state index contributed by atoms with van der Waals surface area (Å²) in [6.45, 7) is 6.61. The highest BCUT2D eigenvalue weighted by Gasteiger charge is 2.02. The maximum atomic E-state index is 8.57. The van der Waals surface area contributed by atoms with Crippen LogP contribution in [-0.2, 0) is 11.2 Å². The second-order valence-electron chi connectivity index (χ2n) is 5.07. The van der Waals surface area contributed by atoms with Crippen LogP contribution in [0.25, 0.3) is 0 Å². The van der Waals surface area contributed by atoms with Crippen LogP contribution in [0.15, 0.2) is 24.3 Å². The molecule has 0 aliphatic carbocycles. The topological polar surface area (TPSA) is 41.5 Å². The van der Waals surface area contributed by atoms with E-state index in [2.05, 4.69) is 43.4 Å². The Kier molecular flexibility index (Phi) is 8.47. The molecule has 0 saturated heterocycles. The number of ether oxygens (including phenoxy) is 1. The summed E-state index contributed by atoms with van der Waals surface area (Å²) in [7, 11) is 0. The van der Waals surface area contributed by atoms with E-state index in [1.165, 1.54) is 11.1 Å². The van der Waals surface area contributed by atoms with Gasteiger partial charge in [-0.05, 0) is 45.2 Å². The van der Waals surface area contributed by atoms with Crippen molar-refractivity contribution in [3.63, 3.8) is 0 Å². The molecule has 108 valence electrons. The van der Waals surface area contributed by atoms with Crippen LogP contribution in [-0.4, -0.2) is 37.5 Å². The highest BCUT2D eigenvalue weighted by Crippen LogP contribution is 2.08. The highest BCUT2D eigenvalue weighted by molar-refractivity contribution is 5.22. The van der Waals surface area contributed by atoms with E-state index in [0.29, 0.717) is 12.6 Å². The molecule has 0 aliphatic rings. The molecule has 1 aromatic carbocycles. The minimum absolute atomic E-state index is 0.111. The first-order valence-electron chi connectivity index (χ1n) is 7.20. The average Bonchev–Trinajstić information content (AvgIpc) is 2.40. The number of nitrogens with one attached hydrogen (secondary N) is 1. The van der Waals surface area contributed by atoms with Gasteiger partial charge in [-0.3, -0.25) is 0 Å². The summed E-state index contributed by atoms with van der Waals surface area (Å²) < 4.78 is 5.22. The first-order chi connectivity index (χ1) is 9.22. The molecule has 0 aromatic heterocycles. The van der Waals surface area contributed by atoms with Crippen LogP contribution in [0, 0.1) is 6.92 Å². The molecule has 0 fully saturated rings. The number of aliphatic hydroxyl groups is 1. The first kappa shape index (κ1) is 16.2. The summed E-state index contributed by atoms with van der Waals surface area (Å²) in [4.78, 5) is 0. The number of aliphatic hydroxyl groups excluding tert-OH is 1. The predicted molar refractivity (Wildman–Crippen MR) is 79.5 cm³/mol. The van der Waals surface area contributed by atoms with Crippen molar-refractivity contribution >= 4 is 0 Å². The summed E-state index contributed by atoms with van der Waals surface area (Å²) in [6, 6.07) is 9.25. The Morgan fingerprint density at radius 1 is 1.32 bits per heavy atom. The summed E-state index contributed by atoms with van der Waals surface area (Å²) in [6.07, 6.45) is 3.27.